The first kappa shape index (κ1) is 12.9. The lowest BCUT2D eigenvalue weighted by Gasteiger charge is -2.38. The van der Waals surface area contributed by atoms with Crippen LogP contribution in [-0.4, -0.2) is 42.2 Å². The van der Waals surface area contributed by atoms with Gasteiger partial charge in [-0.3, -0.25) is 0 Å². The number of aromatic nitrogens is 1. The number of hydrogen-bond acceptors (Lipinski definition) is 5. The second-order valence-electron chi connectivity index (χ2n) is 5.63. The molecule has 1 N–H and O–H groups in total. The van der Waals surface area contributed by atoms with Crippen molar-refractivity contribution in [2.24, 2.45) is 0 Å². The van der Waals surface area contributed by atoms with Gasteiger partial charge >= 0.3 is 0 Å². The molecule has 2 aromatic rings. The SMILES string of the molecule is Oc1ccc2ccnc(N3CCC4(CC3)OCCO4)c2c1. The number of fused-ring (bicyclic) bond motifs is 1. The van der Waals surface area contributed by atoms with Crippen molar-refractivity contribution in [3.8, 4) is 5.75 Å². The third kappa shape index (κ3) is 2.22. The van der Waals surface area contributed by atoms with Crippen molar-refractivity contribution in [2.45, 2.75) is 18.6 Å². The molecule has 1 spiro atoms. The number of phenols is 1. The number of pyridine rings is 1. The number of aromatic hydroxyl groups is 1. The van der Waals surface area contributed by atoms with Crippen LogP contribution in [0.25, 0.3) is 10.8 Å². The minimum atomic E-state index is -0.372. The normalized spacial score (nSPS) is 21.2. The highest BCUT2D eigenvalue weighted by molar-refractivity contribution is 5.93. The summed E-state index contributed by atoms with van der Waals surface area (Å²) in [5.41, 5.74) is 0. The highest BCUT2D eigenvalue weighted by atomic mass is 16.7. The molecule has 110 valence electrons. The van der Waals surface area contributed by atoms with Gasteiger partial charge in [0.2, 0.25) is 0 Å². The number of piperidine rings is 1. The van der Waals surface area contributed by atoms with Gasteiger partial charge in [0.05, 0.1) is 13.2 Å². The first-order chi connectivity index (χ1) is 10.3. The number of phenolic OH excluding ortho intramolecular Hbond substituents is 1. The molecule has 1 aromatic carbocycles. The molecule has 0 amide bonds. The van der Waals surface area contributed by atoms with Crippen LogP contribution in [0.5, 0.6) is 5.75 Å². The summed E-state index contributed by atoms with van der Waals surface area (Å²) in [5, 5.41) is 11.8. The molecule has 2 aliphatic rings. The molecule has 1 aromatic heterocycles. The average molecular weight is 286 g/mol. The number of benzene rings is 1. The van der Waals surface area contributed by atoms with Gasteiger partial charge in [0.15, 0.2) is 5.79 Å². The highest BCUT2D eigenvalue weighted by Gasteiger charge is 2.40. The molecule has 0 unspecified atom stereocenters. The number of anilines is 1. The molecule has 2 fully saturated rings. The zero-order valence-corrected chi connectivity index (χ0v) is 11.8. The topological polar surface area (TPSA) is 54.8 Å². The zero-order chi connectivity index (χ0) is 14.3. The van der Waals surface area contributed by atoms with E-state index in [1.807, 2.05) is 18.3 Å². The Kier molecular flexibility index (Phi) is 2.97. The minimum absolute atomic E-state index is 0.271. The lowest BCUT2D eigenvalue weighted by molar-refractivity contribution is -0.169. The van der Waals surface area contributed by atoms with Crippen molar-refractivity contribution < 1.29 is 14.6 Å². The van der Waals surface area contributed by atoms with Gasteiger partial charge in [-0.05, 0) is 23.6 Å². The smallest absolute Gasteiger partial charge is 0.171 e. The number of hydrogen-bond donors (Lipinski definition) is 1. The number of nitrogens with zero attached hydrogens (tertiary/aromatic N) is 2. The maximum Gasteiger partial charge on any atom is 0.171 e. The van der Waals surface area contributed by atoms with Crippen LogP contribution in [0, 0.1) is 0 Å². The van der Waals surface area contributed by atoms with E-state index in [2.05, 4.69) is 9.88 Å². The van der Waals surface area contributed by atoms with E-state index in [4.69, 9.17) is 9.47 Å². The van der Waals surface area contributed by atoms with E-state index in [-0.39, 0.29) is 11.5 Å². The third-order valence-corrected chi connectivity index (χ3v) is 4.37. The van der Waals surface area contributed by atoms with Crippen molar-refractivity contribution in [1.82, 2.24) is 4.98 Å². The molecule has 0 bridgehead atoms. The summed E-state index contributed by atoms with van der Waals surface area (Å²) in [7, 11) is 0. The predicted molar refractivity (Wildman–Crippen MR) is 79.5 cm³/mol. The van der Waals surface area contributed by atoms with Gasteiger partial charge in [-0.25, -0.2) is 4.98 Å². The van der Waals surface area contributed by atoms with Crippen molar-refractivity contribution in [3.05, 3.63) is 30.5 Å². The summed E-state index contributed by atoms with van der Waals surface area (Å²) in [5.74, 6) is 0.826. The highest BCUT2D eigenvalue weighted by Crippen LogP contribution is 2.35. The molecule has 0 atom stereocenters. The van der Waals surface area contributed by atoms with Gasteiger partial charge in [-0.1, -0.05) is 6.07 Å². The average Bonchev–Trinajstić information content (AvgIpc) is 2.96. The molecular weight excluding hydrogens is 268 g/mol. The first-order valence-corrected chi connectivity index (χ1v) is 7.36. The summed E-state index contributed by atoms with van der Waals surface area (Å²) in [6.07, 6.45) is 3.52. The summed E-state index contributed by atoms with van der Waals surface area (Å²) in [4.78, 5) is 6.77. The van der Waals surface area contributed by atoms with Gasteiger partial charge in [-0.15, -0.1) is 0 Å². The van der Waals surface area contributed by atoms with Crippen LogP contribution in [0.3, 0.4) is 0 Å². The Hall–Kier alpha value is -1.85. The quantitative estimate of drug-likeness (QED) is 0.871. The minimum Gasteiger partial charge on any atom is -0.508 e. The van der Waals surface area contributed by atoms with Gasteiger partial charge in [0, 0.05) is 37.5 Å². The Labute approximate surface area is 123 Å². The fourth-order valence-electron chi connectivity index (χ4n) is 3.24. The number of ether oxygens (including phenoxy) is 2. The van der Waals surface area contributed by atoms with Crippen molar-refractivity contribution in [1.29, 1.82) is 0 Å². The Morgan fingerprint density at radius 1 is 1.10 bits per heavy atom. The van der Waals surface area contributed by atoms with E-state index < -0.39 is 0 Å². The molecule has 4 rings (SSSR count). The lowest BCUT2D eigenvalue weighted by Crippen LogP contribution is -2.45. The molecule has 0 radical (unpaired) electrons. The van der Waals surface area contributed by atoms with Gasteiger partial charge in [0.1, 0.15) is 11.6 Å². The van der Waals surface area contributed by atoms with E-state index in [9.17, 15) is 5.11 Å². The van der Waals surface area contributed by atoms with E-state index >= 15 is 0 Å². The molecule has 5 heteroatoms. The zero-order valence-electron chi connectivity index (χ0n) is 11.8. The van der Waals surface area contributed by atoms with Crippen LogP contribution in [0.2, 0.25) is 0 Å². The Bertz CT molecular complexity index is 658. The second-order valence-corrected chi connectivity index (χ2v) is 5.63. The van der Waals surface area contributed by atoms with Gasteiger partial charge < -0.3 is 19.5 Å². The van der Waals surface area contributed by atoms with Crippen LogP contribution in [-0.2, 0) is 9.47 Å². The summed E-state index contributed by atoms with van der Waals surface area (Å²) >= 11 is 0. The lowest BCUT2D eigenvalue weighted by atomic mass is 10.0. The molecule has 21 heavy (non-hydrogen) atoms. The standard InChI is InChI=1S/C16H18N2O3/c19-13-2-1-12-3-6-17-15(14(12)11-13)18-7-4-16(5-8-18)20-9-10-21-16/h1-3,6,11,19H,4-5,7-10H2. The third-order valence-electron chi connectivity index (χ3n) is 4.37. The summed E-state index contributed by atoms with van der Waals surface area (Å²) in [6, 6.07) is 7.37. The molecule has 3 heterocycles. The van der Waals surface area contributed by atoms with Gasteiger partial charge in [-0.2, -0.15) is 0 Å². The van der Waals surface area contributed by atoms with E-state index in [1.165, 1.54) is 0 Å². The maximum atomic E-state index is 9.73. The Morgan fingerprint density at radius 3 is 2.62 bits per heavy atom. The van der Waals surface area contributed by atoms with Crippen molar-refractivity contribution in [3.63, 3.8) is 0 Å². The fraction of sp³-hybridized carbons (Fsp3) is 0.438. The van der Waals surface area contributed by atoms with Crippen molar-refractivity contribution in [2.75, 3.05) is 31.2 Å². The van der Waals surface area contributed by atoms with Crippen LogP contribution < -0.4 is 4.90 Å². The van der Waals surface area contributed by atoms with E-state index in [0.717, 1.165) is 42.5 Å². The van der Waals surface area contributed by atoms with Crippen molar-refractivity contribution >= 4 is 16.6 Å². The molecule has 2 aliphatic heterocycles. The first-order valence-electron chi connectivity index (χ1n) is 7.36. The summed E-state index contributed by atoms with van der Waals surface area (Å²) < 4.78 is 11.5. The maximum absolute atomic E-state index is 9.73. The van der Waals surface area contributed by atoms with E-state index in [0.29, 0.717) is 13.2 Å². The number of rotatable bonds is 1. The second kappa shape index (κ2) is 4.86. The predicted octanol–water partition coefficient (Wildman–Crippen LogP) is 2.28. The molecule has 0 aliphatic carbocycles. The summed E-state index contributed by atoms with van der Waals surface area (Å²) in [6.45, 7) is 3.09. The monoisotopic (exact) mass is 286 g/mol. The van der Waals surface area contributed by atoms with Gasteiger partial charge in [0.25, 0.3) is 0 Å². The molecule has 0 saturated carbocycles. The molecule has 5 nitrogen and oxygen atoms in total. The largest absolute Gasteiger partial charge is 0.508 e. The Morgan fingerprint density at radius 2 is 1.86 bits per heavy atom. The van der Waals surface area contributed by atoms with Crippen LogP contribution in [0.4, 0.5) is 5.82 Å². The van der Waals surface area contributed by atoms with Crippen LogP contribution >= 0.6 is 0 Å². The van der Waals surface area contributed by atoms with Crippen LogP contribution in [0.1, 0.15) is 12.8 Å². The fourth-order valence-corrected chi connectivity index (χ4v) is 3.24. The molecule has 2 saturated heterocycles. The van der Waals surface area contributed by atoms with E-state index in [1.54, 1.807) is 12.1 Å². The Balaban J connectivity index is 1.64. The molecular formula is C16H18N2O3. The van der Waals surface area contributed by atoms with Crippen LogP contribution in [0.15, 0.2) is 30.5 Å².